The Morgan fingerprint density at radius 2 is 1.94 bits per heavy atom. The van der Waals surface area contributed by atoms with Gasteiger partial charge in [0, 0.05) is 18.0 Å². The molecule has 5 nitrogen and oxygen atoms in total. The van der Waals surface area contributed by atoms with E-state index in [2.05, 4.69) is 9.97 Å². The predicted molar refractivity (Wildman–Crippen MR) is 61.0 cm³/mol. The van der Waals surface area contributed by atoms with E-state index in [1.165, 1.54) is 19.2 Å². The number of aromatic nitrogens is 2. The highest BCUT2D eigenvalue weighted by molar-refractivity contribution is 5.89. The summed E-state index contributed by atoms with van der Waals surface area (Å²) >= 11 is 0. The molecule has 86 valence electrons. The Morgan fingerprint density at radius 1 is 1.24 bits per heavy atom. The number of ether oxygens (including phenoxy) is 1. The van der Waals surface area contributed by atoms with Crippen molar-refractivity contribution in [2.75, 3.05) is 7.11 Å². The molecule has 17 heavy (non-hydrogen) atoms. The lowest BCUT2D eigenvalue weighted by molar-refractivity contribution is 0.0696. The minimum Gasteiger partial charge on any atom is -0.497 e. The van der Waals surface area contributed by atoms with Gasteiger partial charge in [-0.25, -0.2) is 14.8 Å². The Hall–Kier alpha value is -2.43. The SMILES string of the molecule is COc1cc(C(=O)O)cc(-c2ncccn2)c1. The summed E-state index contributed by atoms with van der Waals surface area (Å²) in [7, 11) is 1.48. The Balaban J connectivity index is 2.54. The van der Waals surface area contributed by atoms with E-state index in [-0.39, 0.29) is 5.56 Å². The van der Waals surface area contributed by atoms with Gasteiger partial charge in [0.25, 0.3) is 0 Å². The molecule has 1 heterocycles. The molecule has 1 aromatic heterocycles. The van der Waals surface area contributed by atoms with Crippen LogP contribution < -0.4 is 4.74 Å². The molecule has 1 N–H and O–H groups in total. The molecule has 0 aliphatic rings. The smallest absolute Gasteiger partial charge is 0.335 e. The molecule has 0 unspecified atom stereocenters. The van der Waals surface area contributed by atoms with Gasteiger partial charge in [-0.3, -0.25) is 0 Å². The molecule has 0 spiro atoms. The highest BCUT2D eigenvalue weighted by Crippen LogP contribution is 2.23. The monoisotopic (exact) mass is 230 g/mol. The van der Waals surface area contributed by atoms with Crippen LogP contribution in [0.5, 0.6) is 5.75 Å². The van der Waals surface area contributed by atoms with E-state index in [9.17, 15) is 4.79 Å². The zero-order chi connectivity index (χ0) is 12.3. The van der Waals surface area contributed by atoms with E-state index in [0.29, 0.717) is 17.1 Å². The maximum absolute atomic E-state index is 11.0. The van der Waals surface area contributed by atoms with E-state index in [1.807, 2.05) is 0 Å². The summed E-state index contributed by atoms with van der Waals surface area (Å²) in [6.07, 6.45) is 3.20. The third-order valence-electron chi connectivity index (χ3n) is 2.21. The fourth-order valence-corrected chi connectivity index (χ4v) is 1.42. The van der Waals surface area contributed by atoms with E-state index in [0.717, 1.165) is 0 Å². The standard InChI is InChI=1S/C12H10N2O3/c1-17-10-6-8(5-9(7-10)12(15)16)11-13-3-2-4-14-11/h2-7H,1H3,(H,15,16). The van der Waals surface area contributed by atoms with Crippen LogP contribution >= 0.6 is 0 Å². The van der Waals surface area contributed by atoms with E-state index in [4.69, 9.17) is 9.84 Å². The molecule has 1 aromatic carbocycles. The van der Waals surface area contributed by atoms with Crippen molar-refractivity contribution in [1.82, 2.24) is 9.97 Å². The molecule has 0 fully saturated rings. The second kappa shape index (κ2) is 4.61. The summed E-state index contributed by atoms with van der Waals surface area (Å²) in [5.74, 6) is -0.0812. The van der Waals surface area contributed by atoms with Gasteiger partial charge in [-0.05, 0) is 24.3 Å². The molecule has 0 aliphatic heterocycles. The maximum Gasteiger partial charge on any atom is 0.335 e. The van der Waals surface area contributed by atoms with Gasteiger partial charge >= 0.3 is 5.97 Å². The molecule has 0 saturated carbocycles. The maximum atomic E-state index is 11.0. The van der Waals surface area contributed by atoms with Crippen molar-refractivity contribution < 1.29 is 14.6 Å². The number of carboxylic acid groups (broad SMARTS) is 1. The van der Waals surface area contributed by atoms with Gasteiger partial charge in [-0.1, -0.05) is 0 Å². The van der Waals surface area contributed by atoms with Crippen LogP contribution in [0.15, 0.2) is 36.7 Å². The van der Waals surface area contributed by atoms with Gasteiger partial charge in [-0.15, -0.1) is 0 Å². The zero-order valence-electron chi connectivity index (χ0n) is 9.12. The largest absolute Gasteiger partial charge is 0.497 e. The zero-order valence-corrected chi connectivity index (χ0v) is 9.12. The summed E-state index contributed by atoms with van der Waals surface area (Å²) in [6, 6.07) is 6.36. The number of aromatic carboxylic acids is 1. The first-order valence-corrected chi connectivity index (χ1v) is 4.90. The first-order chi connectivity index (χ1) is 8.20. The molecule has 0 saturated heterocycles. The van der Waals surface area contributed by atoms with Crippen LogP contribution in [-0.2, 0) is 0 Å². The van der Waals surface area contributed by atoms with Gasteiger partial charge in [0.1, 0.15) is 5.75 Å². The number of carboxylic acids is 1. The molecular formula is C12H10N2O3. The second-order valence-electron chi connectivity index (χ2n) is 3.33. The highest BCUT2D eigenvalue weighted by Gasteiger charge is 2.09. The number of hydrogen-bond acceptors (Lipinski definition) is 4. The Bertz CT molecular complexity index is 541. The summed E-state index contributed by atoms with van der Waals surface area (Å²) in [6.45, 7) is 0. The molecule has 0 bridgehead atoms. The van der Waals surface area contributed by atoms with Gasteiger partial charge in [-0.2, -0.15) is 0 Å². The van der Waals surface area contributed by atoms with Crippen molar-refractivity contribution in [2.24, 2.45) is 0 Å². The van der Waals surface area contributed by atoms with Gasteiger partial charge in [0.2, 0.25) is 0 Å². The number of hydrogen-bond donors (Lipinski definition) is 1. The second-order valence-corrected chi connectivity index (χ2v) is 3.33. The summed E-state index contributed by atoms with van der Waals surface area (Å²) < 4.78 is 5.05. The quantitative estimate of drug-likeness (QED) is 0.871. The van der Waals surface area contributed by atoms with Crippen molar-refractivity contribution >= 4 is 5.97 Å². The average molecular weight is 230 g/mol. The molecule has 2 rings (SSSR count). The van der Waals surface area contributed by atoms with E-state index >= 15 is 0 Å². The summed E-state index contributed by atoms with van der Waals surface area (Å²) in [5, 5.41) is 8.98. The topological polar surface area (TPSA) is 72.3 Å². The van der Waals surface area contributed by atoms with E-state index in [1.54, 1.807) is 24.5 Å². The van der Waals surface area contributed by atoms with Crippen LogP contribution in [0.3, 0.4) is 0 Å². The third-order valence-corrected chi connectivity index (χ3v) is 2.21. The predicted octanol–water partition coefficient (Wildman–Crippen LogP) is 1.85. The van der Waals surface area contributed by atoms with Crippen LogP contribution in [-0.4, -0.2) is 28.2 Å². The molecular weight excluding hydrogens is 220 g/mol. The van der Waals surface area contributed by atoms with Crippen molar-refractivity contribution in [1.29, 1.82) is 0 Å². The van der Waals surface area contributed by atoms with Crippen molar-refractivity contribution in [3.8, 4) is 17.1 Å². The fraction of sp³-hybridized carbons (Fsp3) is 0.0833. The van der Waals surface area contributed by atoms with Crippen molar-refractivity contribution in [3.63, 3.8) is 0 Å². The van der Waals surface area contributed by atoms with Crippen LogP contribution in [0.2, 0.25) is 0 Å². The number of methoxy groups -OCH3 is 1. The molecule has 0 radical (unpaired) electrons. The lowest BCUT2D eigenvalue weighted by atomic mass is 10.1. The minimum absolute atomic E-state index is 0.145. The number of nitrogens with zero attached hydrogens (tertiary/aromatic N) is 2. The van der Waals surface area contributed by atoms with Crippen molar-refractivity contribution in [3.05, 3.63) is 42.2 Å². The van der Waals surface area contributed by atoms with Gasteiger partial charge < -0.3 is 9.84 Å². The summed E-state index contributed by atoms with van der Waals surface area (Å²) in [5.41, 5.74) is 0.758. The Kier molecular flexibility index (Phi) is 3.00. The lowest BCUT2D eigenvalue weighted by Gasteiger charge is -2.05. The van der Waals surface area contributed by atoms with Crippen LogP contribution in [0, 0.1) is 0 Å². The fourth-order valence-electron chi connectivity index (χ4n) is 1.42. The average Bonchev–Trinajstić information content (AvgIpc) is 2.39. The van der Waals surface area contributed by atoms with E-state index < -0.39 is 5.97 Å². The van der Waals surface area contributed by atoms with Crippen LogP contribution in [0.1, 0.15) is 10.4 Å². The number of benzene rings is 1. The molecule has 2 aromatic rings. The molecule has 0 aliphatic carbocycles. The minimum atomic E-state index is -1.01. The van der Waals surface area contributed by atoms with Gasteiger partial charge in [0.15, 0.2) is 5.82 Å². The normalized spacial score (nSPS) is 9.94. The molecule has 0 amide bonds. The van der Waals surface area contributed by atoms with Crippen LogP contribution in [0.4, 0.5) is 0 Å². The third kappa shape index (κ3) is 2.39. The summed E-state index contributed by atoms with van der Waals surface area (Å²) in [4.78, 5) is 19.1. The first-order valence-electron chi connectivity index (χ1n) is 4.90. The highest BCUT2D eigenvalue weighted by atomic mass is 16.5. The lowest BCUT2D eigenvalue weighted by Crippen LogP contribution is -1.98. The molecule has 0 atom stereocenters. The Morgan fingerprint density at radius 3 is 2.53 bits per heavy atom. The van der Waals surface area contributed by atoms with Crippen molar-refractivity contribution in [2.45, 2.75) is 0 Å². The first kappa shape index (κ1) is 11.1. The van der Waals surface area contributed by atoms with Gasteiger partial charge in [0.05, 0.1) is 12.7 Å². The number of carbonyl (C=O) groups is 1. The number of rotatable bonds is 3. The molecule has 5 heteroatoms. The Labute approximate surface area is 97.7 Å². The van der Waals surface area contributed by atoms with Crippen LogP contribution in [0.25, 0.3) is 11.4 Å².